The summed E-state index contributed by atoms with van der Waals surface area (Å²) in [5.74, 6) is -0.216. The maximum atomic E-state index is 13.2. The van der Waals surface area contributed by atoms with Crippen molar-refractivity contribution in [1.29, 1.82) is 0 Å². The zero-order chi connectivity index (χ0) is 21.5. The van der Waals surface area contributed by atoms with Crippen LogP contribution in [0, 0.1) is 0 Å². The highest BCUT2D eigenvalue weighted by Gasteiger charge is 2.41. The van der Waals surface area contributed by atoms with Gasteiger partial charge in [-0.05, 0) is 45.0 Å². The normalized spacial score (nSPS) is 14.5. The molecule has 0 unspecified atom stereocenters. The Morgan fingerprint density at radius 2 is 1.39 bits per heavy atom. The number of likely N-dealkylation sites (tertiary alicyclic amines) is 1. The molecule has 3 aromatic rings. The summed E-state index contributed by atoms with van der Waals surface area (Å²) >= 11 is 6.68. The van der Waals surface area contributed by atoms with E-state index in [9.17, 15) is 4.79 Å². The van der Waals surface area contributed by atoms with E-state index in [4.69, 9.17) is 16.3 Å². The molecule has 0 radical (unpaired) electrons. The number of rotatable bonds is 8. The first-order valence-electron chi connectivity index (χ1n) is 11.0. The Morgan fingerprint density at radius 3 is 1.97 bits per heavy atom. The third-order valence-corrected chi connectivity index (χ3v) is 6.26. The highest BCUT2D eigenvalue weighted by Crippen LogP contribution is 2.43. The second-order valence-corrected chi connectivity index (χ2v) is 8.43. The molecule has 0 atom stereocenters. The van der Waals surface area contributed by atoms with Crippen LogP contribution in [0.2, 0.25) is 5.02 Å². The Hall–Kier alpha value is -2.62. The van der Waals surface area contributed by atoms with E-state index < -0.39 is 5.60 Å². The number of ether oxygens (including phenoxy) is 1. The molecule has 1 fully saturated rings. The molecule has 3 aromatic carbocycles. The van der Waals surface area contributed by atoms with E-state index in [0.717, 1.165) is 42.7 Å². The molecule has 1 aliphatic rings. The summed E-state index contributed by atoms with van der Waals surface area (Å²) in [6, 6.07) is 27.4. The second-order valence-electron chi connectivity index (χ2n) is 8.02. The highest BCUT2D eigenvalue weighted by atomic mass is 35.5. The summed E-state index contributed by atoms with van der Waals surface area (Å²) in [6.45, 7) is 3.20. The van der Waals surface area contributed by atoms with Crippen LogP contribution in [0.3, 0.4) is 0 Å². The Morgan fingerprint density at radius 1 is 0.839 bits per heavy atom. The first-order valence-corrected chi connectivity index (χ1v) is 11.4. The molecule has 4 heteroatoms. The van der Waals surface area contributed by atoms with Crippen molar-refractivity contribution in [1.82, 2.24) is 4.90 Å². The van der Waals surface area contributed by atoms with Gasteiger partial charge in [0, 0.05) is 28.1 Å². The fourth-order valence-electron chi connectivity index (χ4n) is 4.42. The fraction of sp³-hybridized carbons (Fsp3) is 0.296. The average Bonchev–Trinajstić information content (AvgIpc) is 3.33. The average molecular weight is 434 g/mol. The second kappa shape index (κ2) is 10.1. The fourth-order valence-corrected chi connectivity index (χ4v) is 4.69. The van der Waals surface area contributed by atoms with Crippen LogP contribution in [0.15, 0.2) is 84.9 Å². The van der Waals surface area contributed by atoms with Crippen molar-refractivity contribution in [2.75, 3.05) is 19.6 Å². The minimum Gasteiger partial charge on any atom is -0.444 e. The third-order valence-electron chi connectivity index (χ3n) is 5.93. The molecule has 31 heavy (non-hydrogen) atoms. The predicted octanol–water partition coefficient (Wildman–Crippen LogP) is 6.05. The molecule has 160 valence electrons. The van der Waals surface area contributed by atoms with Crippen molar-refractivity contribution >= 4 is 17.6 Å². The van der Waals surface area contributed by atoms with Gasteiger partial charge < -0.3 is 9.64 Å². The summed E-state index contributed by atoms with van der Waals surface area (Å²) in [4.78, 5) is 15.6. The Bertz CT molecular complexity index is 945. The molecule has 0 saturated carbocycles. The van der Waals surface area contributed by atoms with E-state index in [1.807, 2.05) is 84.9 Å². The Kier molecular flexibility index (Phi) is 7.06. The molecule has 0 amide bonds. The smallest absolute Gasteiger partial charge is 0.307 e. The van der Waals surface area contributed by atoms with Crippen molar-refractivity contribution in [2.45, 2.75) is 31.3 Å². The van der Waals surface area contributed by atoms with Crippen molar-refractivity contribution in [3.05, 3.63) is 107 Å². The van der Waals surface area contributed by atoms with Gasteiger partial charge >= 0.3 is 5.97 Å². The number of carbonyl (C=O) groups is 1. The number of hydrogen-bond donors (Lipinski definition) is 0. The van der Waals surface area contributed by atoms with Crippen LogP contribution in [-0.4, -0.2) is 30.5 Å². The van der Waals surface area contributed by atoms with Gasteiger partial charge in [-0.1, -0.05) is 90.5 Å². The molecule has 0 bridgehead atoms. The van der Waals surface area contributed by atoms with E-state index in [1.165, 1.54) is 12.8 Å². The van der Waals surface area contributed by atoms with Crippen LogP contribution in [0.5, 0.6) is 0 Å². The zero-order valence-electron chi connectivity index (χ0n) is 17.7. The van der Waals surface area contributed by atoms with Gasteiger partial charge in [-0.25, -0.2) is 0 Å². The van der Waals surface area contributed by atoms with Crippen LogP contribution in [-0.2, 0) is 15.1 Å². The maximum absolute atomic E-state index is 13.2. The van der Waals surface area contributed by atoms with E-state index in [1.54, 1.807) is 0 Å². The Labute approximate surface area is 189 Å². The largest absolute Gasteiger partial charge is 0.444 e. The van der Waals surface area contributed by atoms with Crippen LogP contribution in [0.1, 0.15) is 42.4 Å². The van der Waals surface area contributed by atoms with E-state index in [0.29, 0.717) is 11.4 Å². The quantitative estimate of drug-likeness (QED) is 0.320. The highest BCUT2D eigenvalue weighted by molar-refractivity contribution is 6.31. The van der Waals surface area contributed by atoms with Crippen LogP contribution < -0.4 is 0 Å². The summed E-state index contributed by atoms with van der Waals surface area (Å²) in [5, 5.41) is 0.570. The van der Waals surface area contributed by atoms with Crippen molar-refractivity contribution in [3.63, 3.8) is 0 Å². The van der Waals surface area contributed by atoms with Crippen LogP contribution in [0.25, 0.3) is 0 Å². The maximum Gasteiger partial charge on any atom is 0.307 e. The topological polar surface area (TPSA) is 29.5 Å². The predicted molar refractivity (Wildman–Crippen MR) is 125 cm³/mol. The molecule has 0 aliphatic carbocycles. The van der Waals surface area contributed by atoms with Crippen LogP contribution >= 0.6 is 11.6 Å². The van der Waals surface area contributed by atoms with Crippen molar-refractivity contribution in [3.8, 4) is 0 Å². The molecular formula is C27H28ClNO2. The number of benzene rings is 3. The zero-order valence-corrected chi connectivity index (χ0v) is 18.4. The number of nitrogens with zero attached hydrogens (tertiary/aromatic N) is 1. The number of carbonyl (C=O) groups excluding carboxylic acids is 1. The number of halogens is 1. The number of esters is 1. The summed E-state index contributed by atoms with van der Waals surface area (Å²) < 4.78 is 6.40. The first-order chi connectivity index (χ1) is 15.2. The first kappa shape index (κ1) is 21.6. The van der Waals surface area contributed by atoms with Gasteiger partial charge in [0.1, 0.15) is 0 Å². The molecule has 0 N–H and O–H groups in total. The lowest BCUT2D eigenvalue weighted by Crippen LogP contribution is -2.36. The van der Waals surface area contributed by atoms with Gasteiger partial charge in [-0.2, -0.15) is 0 Å². The van der Waals surface area contributed by atoms with Crippen LogP contribution in [0.4, 0.5) is 0 Å². The summed E-state index contributed by atoms with van der Waals surface area (Å²) in [5.41, 5.74) is 1.41. The molecule has 1 saturated heterocycles. The van der Waals surface area contributed by atoms with Gasteiger partial charge in [0.05, 0.1) is 0 Å². The Balaban J connectivity index is 1.71. The molecule has 3 nitrogen and oxygen atoms in total. The third kappa shape index (κ3) is 4.84. The van der Waals surface area contributed by atoms with Crippen molar-refractivity contribution in [2.24, 2.45) is 0 Å². The summed E-state index contributed by atoms with van der Waals surface area (Å²) in [7, 11) is 0. The van der Waals surface area contributed by atoms with Gasteiger partial charge in [0.25, 0.3) is 0 Å². The van der Waals surface area contributed by atoms with E-state index >= 15 is 0 Å². The molecule has 4 rings (SSSR count). The molecule has 0 aromatic heterocycles. The summed E-state index contributed by atoms with van der Waals surface area (Å²) in [6.07, 6.45) is 3.67. The van der Waals surface area contributed by atoms with E-state index in [2.05, 4.69) is 4.90 Å². The van der Waals surface area contributed by atoms with Crippen molar-refractivity contribution < 1.29 is 9.53 Å². The van der Waals surface area contributed by atoms with Gasteiger partial charge in [0.15, 0.2) is 5.60 Å². The molecule has 0 spiro atoms. The lowest BCUT2D eigenvalue weighted by Gasteiger charge is -2.36. The number of hydrogen-bond acceptors (Lipinski definition) is 3. The van der Waals surface area contributed by atoms with Gasteiger partial charge in [-0.3, -0.25) is 4.79 Å². The van der Waals surface area contributed by atoms with Gasteiger partial charge in [-0.15, -0.1) is 0 Å². The minimum atomic E-state index is -1.11. The lowest BCUT2D eigenvalue weighted by molar-refractivity contribution is -0.153. The minimum absolute atomic E-state index is 0.216. The van der Waals surface area contributed by atoms with E-state index in [-0.39, 0.29) is 5.97 Å². The molecular weight excluding hydrogens is 406 g/mol. The van der Waals surface area contributed by atoms with Gasteiger partial charge in [0.2, 0.25) is 0 Å². The lowest BCUT2D eigenvalue weighted by atomic mass is 9.80. The molecule has 1 aliphatic heterocycles. The SMILES string of the molecule is O=C(CCCN1CCCC1)OC(c1ccccc1)(c1ccccc1)c1ccccc1Cl. The molecule has 1 heterocycles. The standard InChI is InChI=1S/C27H28ClNO2/c28-25-17-8-7-16-24(25)27(22-12-3-1-4-13-22,23-14-5-2-6-15-23)31-26(30)18-11-21-29-19-9-10-20-29/h1-8,12-17H,9-11,18-21H2. The monoisotopic (exact) mass is 433 g/mol.